The fourth-order valence-corrected chi connectivity index (χ4v) is 4.14. The molecular formula is C13H15NS2. The molecule has 0 bridgehead atoms. The second-order valence-electron chi connectivity index (χ2n) is 4.28. The highest BCUT2D eigenvalue weighted by atomic mass is 32.2. The highest BCUT2D eigenvalue weighted by molar-refractivity contribution is 7.99. The molecule has 2 aromatic rings. The summed E-state index contributed by atoms with van der Waals surface area (Å²) in [6.07, 6.45) is 1.37. The molecule has 3 heteroatoms. The van der Waals surface area contributed by atoms with Gasteiger partial charge in [0.15, 0.2) is 0 Å². The predicted molar refractivity (Wildman–Crippen MR) is 75.7 cm³/mol. The maximum absolute atomic E-state index is 3.56. The molecule has 1 atom stereocenters. The van der Waals surface area contributed by atoms with Gasteiger partial charge in [-0.05, 0) is 58.9 Å². The van der Waals surface area contributed by atoms with E-state index in [1.54, 1.807) is 0 Å². The summed E-state index contributed by atoms with van der Waals surface area (Å²) >= 11 is 3.89. The van der Waals surface area contributed by atoms with E-state index in [1.165, 1.54) is 33.7 Å². The number of nitrogens with one attached hydrogen (secondary N) is 1. The molecule has 1 unspecified atom stereocenters. The lowest BCUT2D eigenvalue weighted by atomic mass is 10.1. The maximum atomic E-state index is 3.56. The van der Waals surface area contributed by atoms with Gasteiger partial charge in [-0.25, -0.2) is 0 Å². The van der Waals surface area contributed by atoms with Crippen molar-refractivity contribution in [1.29, 1.82) is 0 Å². The zero-order valence-electron chi connectivity index (χ0n) is 9.11. The average molecular weight is 249 g/mol. The summed E-state index contributed by atoms with van der Waals surface area (Å²) in [5.41, 5.74) is 1.27. The Morgan fingerprint density at radius 2 is 2.31 bits per heavy atom. The molecule has 1 saturated heterocycles. The van der Waals surface area contributed by atoms with Crippen LogP contribution in [-0.4, -0.2) is 18.1 Å². The van der Waals surface area contributed by atoms with E-state index in [0.717, 1.165) is 12.5 Å². The van der Waals surface area contributed by atoms with Crippen LogP contribution in [0.25, 0.3) is 10.1 Å². The van der Waals surface area contributed by atoms with Gasteiger partial charge in [-0.2, -0.15) is 11.8 Å². The zero-order chi connectivity index (χ0) is 10.8. The molecule has 2 heterocycles. The minimum atomic E-state index is 0.864. The smallest absolute Gasteiger partial charge is 0.0347 e. The van der Waals surface area contributed by atoms with Crippen LogP contribution in [0.3, 0.4) is 0 Å². The summed E-state index contributed by atoms with van der Waals surface area (Å²) in [5, 5.41) is 7.07. The number of hydrogen-bond acceptors (Lipinski definition) is 3. The lowest BCUT2D eigenvalue weighted by molar-refractivity contribution is 0.632. The van der Waals surface area contributed by atoms with Crippen LogP contribution in [-0.2, 0) is 0 Å². The minimum Gasteiger partial charge on any atom is -0.385 e. The van der Waals surface area contributed by atoms with Crippen molar-refractivity contribution < 1.29 is 0 Å². The quantitative estimate of drug-likeness (QED) is 0.880. The Kier molecular flexibility index (Phi) is 3.06. The van der Waals surface area contributed by atoms with Gasteiger partial charge < -0.3 is 5.32 Å². The zero-order valence-corrected chi connectivity index (χ0v) is 10.7. The molecule has 1 fully saturated rings. The van der Waals surface area contributed by atoms with E-state index in [-0.39, 0.29) is 0 Å². The third kappa shape index (κ3) is 2.20. The first-order valence-corrected chi connectivity index (χ1v) is 7.74. The van der Waals surface area contributed by atoms with Crippen molar-refractivity contribution in [2.75, 3.05) is 23.4 Å². The second-order valence-corrected chi connectivity index (χ2v) is 6.38. The normalized spacial score (nSPS) is 20.4. The topological polar surface area (TPSA) is 12.0 Å². The largest absolute Gasteiger partial charge is 0.385 e. The van der Waals surface area contributed by atoms with Crippen molar-refractivity contribution in [1.82, 2.24) is 0 Å². The number of hydrogen-bond donors (Lipinski definition) is 1. The number of thiophene rings is 1. The third-order valence-electron chi connectivity index (χ3n) is 3.07. The summed E-state index contributed by atoms with van der Waals surface area (Å²) in [6, 6.07) is 8.86. The molecule has 84 valence electrons. The van der Waals surface area contributed by atoms with Crippen LogP contribution in [0.5, 0.6) is 0 Å². The fraction of sp³-hybridized carbons (Fsp3) is 0.385. The summed E-state index contributed by atoms with van der Waals surface area (Å²) in [6.45, 7) is 1.13. The molecule has 1 N–H and O–H groups in total. The number of fused-ring (bicyclic) bond motifs is 1. The minimum absolute atomic E-state index is 0.864. The highest BCUT2D eigenvalue weighted by Gasteiger charge is 2.14. The number of thioether (sulfide) groups is 1. The number of anilines is 1. The first-order chi connectivity index (χ1) is 7.92. The van der Waals surface area contributed by atoms with Crippen LogP contribution in [0.2, 0.25) is 0 Å². The second kappa shape index (κ2) is 4.68. The number of rotatable bonds is 3. The molecule has 1 aromatic carbocycles. The van der Waals surface area contributed by atoms with E-state index in [1.807, 2.05) is 11.3 Å². The summed E-state index contributed by atoms with van der Waals surface area (Å²) in [4.78, 5) is 0. The van der Waals surface area contributed by atoms with Gasteiger partial charge in [0.05, 0.1) is 0 Å². The van der Waals surface area contributed by atoms with Crippen molar-refractivity contribution in [3.8, 4) is 0 Å². The van der Waals surface area contributed by atoms with Gasteiger partial charge in [0, 0.05) is 16.9 Å². The molecule has 0 saturated carbocycles. The predicted octanol–water partition coefficient (Wildman–Crippen LogP) is 4.07. The van der Waals surface area contributed by atoms with Crippen LogP contribution < -0.4 is 5.32 Å². The summed E-state index contributed by atoms with van der Waals surface area (Å²) in [7, 11) is 0. The van der Waals surface area contributed by atoms with Crippen LogP contribution in [0, 0.1) is 5.92 Å². The Morgan fingerprint density at radius 3 is 3.19 bits per heavy atom. The Balaban J connectivity index is 1.68. The van der Waals surface area contributed by atoms with Gasteiger partial charge in [0.1, 0.15) is 0 Å². The standard InChI is InChI=1S/C13H15NS2/c1-2-13-11(4-6-16-13)7-12(1)14-8-10-3-5-15-9-10/h1-2,4,6-7,10,14H,3,5,8-9H2. The molecule has 1 aliphatic rings. The van der Waals surface area contributed by atoms with Gasteiger partial charge in [0.25, 0.3) is 0 Å². The molecule has 0 aliphatic carbocycles. The van der Waals surface area contributed by atoms with Gasteiger partial charge in [-0.1, -0.05) is 0 Å². The molecule has 0 radical (unpaired) electrons. The number of benzene rings is 1. The Bertz CT molecular complexity index is 471. The van der Waals surface area contributed by atoms with Crippen molar-refractivity contribution in [2.24, 2.45) is 5.92 Å². The molecule has 1 nitrogen and oxygen atoms in total. The lowest BCUT2D eigenvalue weighted by Gasteiger charge is -2.11. The fourth-order valence-electron chi connectivity index (χ4n) is 2.08. The van der Waals surface area contributed by atoms with Crippen LogP contribution in [0.15, 0.2) is 29.6 Å². The summed E-state index contributed by atoms with van der Waals surface area (Å²) in [5.74, 6) is 3.53. The average Bonchev–Trinajstić information content (AvgIpc) is 2.97. The van der Waals surface area contributed by atoms with Crippen LogP contribution in [0.4, 0.5) is 5.69 Å². The van der Waals surface area contributed by atoms with Crippen molar-refractivity contribution >= 4 is 38.9 Å². The molecule has 1 aliphatic heterocycles. The molecule has 0 spiro atoms. The van der Waals surface area contributed by atoms with E-state index in [9.17, 15) is 0 Å². The van der Waals surface area contributed by atoms with Crippen molar-refractivity contribution in [2.45, 2.75) is 6.42 Å². The first kappa shape index (κ1) is 10.5. The Morgan fingerprint density at radius 1 is 1.31 bits per heavy atom. The van der Waals surface area contributed by atoms with Crippen molar-refractivity contribution in [3.63, 3.8) is 0 Å². The Hall–Kier alpha value is -0.670. The monoisotopic (exact) mass is 249 g/mol. The summed E-state index contributed by atoms with van der Waals surface area (Å²) < 4.78 is 1.38. The Labute approximate surface area is 104 Å². The van der Waals surface area contributed by atoms with Crippen LogP contribution in [0.1, 0.15) is 6.42 Å². The van der Waals surface area contributed by atoms with Crippen LogP contribution >= 0.6 is 23.1 Å². The molecule has 3 rings (SSSR count). The molecule has 0 amide bonds. The molecule has 1 aromatic heterocycles. The van der Waals surface area contributed by atoms with Gasteiger partial charge in [0.2, 0.25) is 0 Å². The highest BCUT2D eigenvalue weighted by Crippen LogP contribution is 2.26. The third-order valence-corrected chi connectivity index (χ3v) is 5.20. The molecular weight excluding hydrogens is 234 g/mol. The van der Waals surface area contributed by atoms with E-state index < -0.39 is 0 Å². The van der Waals surface area contributed by atoms with E-state index in [0.29, 0.717) is 0 Å². The van der Waals surface area contributed by atoms with E-state index in [2.05, 4.69) is 46.7 Å². The van der Waals surface area contributed by atoms with E-state index in [4.69, 9.17) is 0 Å². The maximum Gasteiger partial charge on any atom is 0.0347 e. The first-order valence-electron chi connectivity index (χ1n) is 5.71. The van der Waals surface area contributed by atoms with Gasteiger partial charge in [-0.15, -0.1) is 11.3 Å². The van der Waals surface area contributed by atoms with Crippen molar-refractivity contribution in [3.05, 3.63) is 29.6 Å². The van der Waals surface area contributed by atoms with Gasteiger partial charge >= 0.3 is 0 Å². The lowest BCUT2D eigenvalue weighted by Crippen LogP contribution is -2.13. The molecule has 16 heavy (non-hydrogen) atoms. The SMILES string of the molecule is c1cc2cc(NCC3CCSC3)ccc2s1. The van der Waals surface area contributed by atoms with Gasteiger partial charge in [-0.3, -0.25) is 0 Å². The van der Waals surface area contributed by atoms with E-state index >= 15 is 0 Å².